The van der Waals surface area contributed by atoms with Gasteiger partial charge in [0.15, 0.2) is 5.78 Å². The predicted molar refractivity (Wildman–Crippen MR) is 102 cm³/mol. The molecule has 0 aromatic heterocycles. The lowest BCUT2D eigenvalue weighted by Crippen LogP contribution is -2.24. The van der Waals surface area contributed by atoms with Gasteiger partial charge in [0, 0.05) is 25.7 Å². The molecule has 1 rings (SSSR count). The van der Waals surface area contributed by atoms with Crippen LogP contribution in [0.4, 0.5) is 0 Å². The third-order valence-electron chi connectivity index (χ3n) is 5.48. The van der Waals surface area contributed by atoms with Gasteiger partial charge in [-0.2, -0.15) is 0 Å². The van der Waals surface area contributed by atoms with Crippen LogP contribution in [0, 0.1) is 17.8 Å². The minimum absolute atomic E-state index is 0.00387. The molecule has 1 fully saturated rings. The maximum Gasteiger partial charge on any atom is 0.344 e. The van der Waals surface area contributed by atoms with E-state index in [-0.39, 0.29) is 31.5 Å². The predicted octanol–water partition coefficient (Wildman–Crippen LogP) is 3.31. The largest absolute Gasteiger partial charge is 0.511 e. The number of ketones is 2. The van der Waals surface area contributed by atoms with Crippen LogP contribution in [0.25, 0.3) is 0 Å². The third-order valence-corrected chi connectivity index (χ3v) is 5.48. The number of methoxy groups -OCH3 is 2. The van der Waals surface area contributed by atoms with Crippen LogP contribution in [0.2, 0.25) is 0 Å². The Morgan fingerprint density at radius 3 is 2.18 bits per heavy atom. The van der Waals surface area contributed by atoms with Gasteiger partial charge in [0.25, 0.3) is 0 Å². The Bertz CT molecular complexity index is 620. The molecule has 28 heavy (non-hydrogen) atoms. The Hall–Kier alpha value is -2.18. The number of hydrogen-bond donors (Lipinski definition) is 1. The molecule has 3 atom stereocenters. The lowest BCUT2D eigenvalue weighted by Gasteiger charge is -2.32. The summed E-state index contributed by atoms with van der Waals surface area (Å²) in [5.74, 6) is -1.23. The van der Waals surface area contributed by atoms with Crippen molar-refractivity contribution in [2.24, 2.45) is 17.8 Å². The van der Waals surface area contributed by atoms with Gasteiger partial charge in [0.1, 0.15) is 17.1 Å². The number of aliphatic hydroxyl groups excluding tert-OH is 1. The zero-order valence-corrected chi connectivity index (χ0v) is 17.3. The van der Waals surface area contributed by atoms with Crippen molar-refractivity contribution >= 4 is 23.5 Å². The van der Waals surface area contributed by atoms with Gasteiger partial charge in [-0.3, -0.25) is 14.4 Å². The number of allylic oxidation sites excluding steroid dienone is 1. The van der Waals surface area contributed by atoms with E-state index in [0.29, 0.717) is 24.2 Å². The first kappa shape index (κ1) is 23.9. The summed E-state index contributed by atoms with van der Waals surface area (Å²) in [4.78, 5) is 47.6. The first-order valence-electron chi connectivity index (χ1n) is 9.81. The van der Waals surface area contributed by atoms with Gasteiger partial charge >= 0.3 is 11.9 Å². The van der Waals surface area contributed by atoms with E-state index in [1.807, 2.05) is 0 Å². The summed E-state index contributed by atoms with van der Waals surface area (Å²) in [6.07, 6.45) is 3.16. The van der Waals surface area contributed by atoms with Crippen LogP contribution in [0.3, 0.4) is 0 Å². The second kappa shape index (κ2) is 11.6. The Morgan fingerprint density at radius 2 is 1.61 bits per heavy atom. The zero-order chi connectivity index (χ0) is 21.3. The second-order valence-corrected chi connectivity index (χ2v) is 7.71. The number of Topliss-reactive ketones (excluding diaryl/α,β-unsaturated/α-hetero) is 2. The lowest BCUT2D eigenvalue weighted by molar-refractivity contribution is -0.143. The number of carbonyl (C=O) groups excluding carboxylic acids is 4. The molecule has 0 amide bonds. The molecule has 1 aliphatic rings. The van der Waals surface area contributed by atoms with Crippen LogP contribution in [0.1, 0.15) is 65.2 Å². The molecular formula is C21H32O7. The van der Waals surface area contributed by atoms with Crippen molar-refractivity contribution in [1.82, 2.24) is 0 Å². The van der Waals surface area contributed by atoms with Crippen LogP contribution in [-0.4, -0.2) is 42.8 Å². The molecule has 7 heteroatoms. The van der Waals surface area contributed by atoms with Gasteiger partial charge in [0.2, 0.25) is 0 Å². The third kappa shape index (κ3) is 7.44. The van der Waals surface area contributed by atoms with Crippen molar-refractivity contribution in [3.63, 3.8) is 0 Å². The number of aliphatic hydroxyl groups is 1. The van der Waals surface area contributed by atoms with Gasteiger partial charge in [0.05, 0.1) is 20.6 Å². The summed E-state index contributed by atoms with van der Waals surface area (Å²) in [7, 11) is 2.29. The molecule has 3 unspecified atom stereocenters. The van der Waals surface area contributed by atoms with Crippen LogP contribution in [0.15, 0.2) is 11.3 Å². The molecule has 0 aliphatic heterocycles. The molecule has 1 aliphatic carbocycles. The van der Waals surface area contributed by atoms with Crippen molar-refractivity contribution in [3.05, 3.63) is 11.3 Å². The Morgan fingerprint density at radius 1 is 0.929 bits per heavy atom. The quantitative estimate of drug-likeness (QED) is 0.198. The van der Waals surface area contributed by atoms with Gasteiger partial charge in [-0.1, -0.05) is 20.3 Å². The molecule has 158 valence electrons. The van der Waals surface area contributed by atoms with E-state index in [2.05, 4.69) is 23.3 Å². The molecule has 0 aromatic carbocycles. The first-order chi connectivity index (χ1) is 13.2. The lowest BCUT2D eigenvalue weighted by atomic mass is 9.73. The van der Waals surface area contributed by atoms with Crippen molar-refractivity contribution in [2.75, 3.05) is 14.2 Å². The highest BCUT2D eigenvalue weighted by Gasteiger charge is 2.28. The maximum atomic E-state index is 12.3. The fourth-order valence-electron chi connectivity index (χ4n) is 3.75. The number of esters is 2. The normalized spacial score (nSPS) is 22.8. The number of rotatable bonds is 10. The molecule has 0 spiro atoms. The van der Waals surface area contributed by atoms with E-state index in [1.165, 1.54) is 7.11 Å². The molecule has 0 radical (unpaired) electrons. The molecule has 1 N–H and O–H groups in total. The molecule has 0 bridgehead atoms. The summed E-state index contributed by atoms with van der Waals surface area (Å²) in [6, 6.07) is 0. The van der Waals surface area contributed by atoms with E-state index >= 15 is 0 Å². The van der Waals surface area contributed by atoms with Crippen molar-refractivity contribution in [1.29, 1.82) is 0 Å². The fourth-order valence-corrected chi connectivity index (χ4v) is 3.75. The van der Waals surface area contributed by atoms with Crippen molar-refractivity contribution in [2.45, 2.75) is 65.2 Å². The molecule has 0 heterocycles. The van der Waals surface area contributed by atoms with Crippen LogP contribution >= 0.6 is 0 Å². The standard InChI is InChI=1S/C21H32O7/c1-13-5-6-15(14(2)11-13)12-16(22)7-8-17(23)20(21(26)28-4)18(24)9-10-19(25)27-3/h13-15,23H,5-12H2,1-4H3. The van der Waals surface area contributed by atoms with E-state index in [9.17, 15) is 24.3 Å². The van der Waals surface area contributed by atoms with E-state index in [0.717, 1.165) is 26.4 Å². The highest BCUT2D eigenvalue weighted by molar-refractivity contribution is 6.18. The Balaban J connectivity index is 2.68. The highest BCUT2D eigenvalue weighted by Crippen LogP contribution is 2.35. The number of hydrogen-bond acceptors (Lipinski definition) is 7. The topological polar surface area (TPSA) is 107 Å². The summed E-state index contributed by atoms with van der Waals surface area (Å²) in [5.41, 5.74) is -0.501. The molecular weight excluding hydrogens is 364 g/mol. The first-order valence-corrected chi connectivity index (χ1v) is 9.81. The van der Waals surface area contributed by atoms with Crippen molar-refractivity contribution in [3.8, 4) is 0 Å². The monoisotopic (exact) mass is 396 g/mol. The van der Waals surface area contributed by atoms with Gasteiger partial charge in [-0.15, -0.1) is 0 Å². The highest BCUT2D eigenvalue weighted by atomic mass is 16.5. The van der Waals surface area contributed by atoms with E-state index in [4.69, 9.17) is 0 Å². The average molecular weight is 396 g/mol. The molecule has 1 saturated carbocycles. The van der Waals surface area contributed by atoms with Crippen LogP contribution in [0.5, 0.6) is 0 Å². The minimum atomic E-state index is -0.977. The van der Waals surface area contributed by atoms with Gasteiger partial charge in [-0.05, 0) is 30.6 Å². The smallest absolute Gasteiger partial charge is 0.344 e. The number of ether oxygens (including phenoxy) is 2. The maximum absolute atomic E-state index is 12.3. The fraction of sp³-hybridized carbons (Fsp3) is 0.714. The molecule has 0 saturated heterocycles. The van der Waals surface area contributed by atoms with E-state index in [1.54, 1.807) is 0 Å². The minimum Gasteiger partial charge on any atom is -0.511 e. The summed E-state index contributed by atoms with van der Waals surface area (Å²) in [5, 5.41) is 10.2. The zero-order valence-electron chi connectivity index (χ0n) is 17.3. The molecule has 0 aromatic rings. The summed E-state index contributed by atoms with van der Waals surface area (Å²) < 4.78 is 9.02. The summed E-state index contributed by atoms with van der Waals surface area (Å²) >= 11 is 0. The van der Waals surface area contributed by atoms with Gasteiger partial charge in [-0.25, -0.2) is 4.79 Å². The van der Waals surface area contributed by atoms with Crippen LogP contribution < -0.4 is 0 Å². The Kier molecular flexibility index (Phi) is 9.90. The van der Waals surface area contributed by atoms with Gasteiger partial charge < -0.3 is 14.6 Å². The molecule has 7 nitrogen and oxygen atoms in total. The average Bonchev–Trinajstić information content (AvgIpc) is 2.66. The number of carbonyl (C=O) groups is 4. The van der Waals surface area contributed by atoms with E-state index < -0.39 is 29.1 Å². The Labute approximate surface area is 166 Å². The SMILES string of the molecule is COC(=O)CCC(=O)C(C(=O)OC)=C(O)CCC(=O)CC1CCC(C)CC1C. The van der Waals surface area contributed by atoms with Crippen LogP contribution in [-0.2, 0) is 28.7 Å². The van der Waals surface area contributed by atoms with Crippen molar-refractivity contribution < 1.29 is 33.8 Å². The second-order valence-electron chi connectivity index (χ2n) is 7.71. The summed E-state index contributed by atoms with van der Waals surface area (Å²) in [6.45, 7) is 4.39.